The lowest BCUT2D eigenvalue weighted by atomic mass is 9.88. The second-order valence-corrected chi connectivity index (χ2v) is 6.04. The number of aromatic carboxylic acids is 1. The van der Waals surface area contributed by atoms with E-state index < -0.39 is 30.6 Å². The van der Waals surface area contributed by atoms with Crippen molar-refractivity contribution in [3.63, 3.8) is 0 Å². The van der Waals surface area contributed by atoms with Gasteiger partial charge in [0.05, 0.1) is 18.3 Å². The van der Waals surface area contributed by atoms with Crippen LogP contribution < -0.4 is 0 Å². The van der Waals surface area contributed by atoms with Crippen LogP contribution in [-0.2, 0) is 22.3 Å². The van der Waals surface area contributed by atoms with Gasteiger partial charge in [-0.1, -0.05) is 6.07 Å². The Morgan fingerprint density at radius 2 is 1.96 bits per heavy atom. The van der Waals surface area contributed by atoms with Gasteiger partial charge in [-0.25, -0.2) is 4.79 Å². The summed E-state index contributed by atoms with van der Waals surface area (Å²) in [6.07, 6.45) is -2.95. The summed E-state index contributed by atoms with van der Waals surface area (Å²) in [6, 6.07) is 5.03. The van der Waals surface area contributed by atoms with Crippen molar-refractivity contribution in [3.05, 3.63) is 34.9 Å². The van der Waals surface area contributed by atoms with E-state index >= 15 is 0 Å². The highest BCUT2D eigenvalue weighted by molar-refractivity contribution is 5.87. The van der Waals surface area contributed by atoms with Gasteiger partial charge in [-0.15, -0.1) is 0 Å². The number of carboxylic acid groups (broad SMARTS) is 1. The minimum Gasteiger partial charge on any atom is -0.478 e. The summed E-state index contributed by atoms with van der Waals surface area (Å²) in [4.78, 5) is 11.0. The molecule has 23 heavy (non-hydrogen) atoms. The van der Waals surface area contributed by atoms with Crippen LogP contribution in [-0.4, -0.2) is 63.7 Å². The standard InChI is InChI=1S/C16H20O7/c17-12-7-22-16(14(19)13(12)18)23-11-4-3-8-5-10(15(20)21)2-1-9(8)6-11/h1-2,5,11-14,16-19H,3-4,6-7H2,(H,20,21)/t11-,12-,13+,14-,16+/m1/s1. The van der Waals surface area contributed by atoms with Crippen LogP contribution in [0.2, 0.25) is 0 Å². The fourth-order valence-corrected chi connectivity index (χ4v) is 3.06. The van der Waals surface area contributed by atoms with Gasteiger partial charge in [-0.3, -0.25) is 0 Å². The second-order valence-electron chi connectivity index (χ2n) is 6.04. The number of fused-ring (bicyclic) bond motifs is 1. The molecule has 1 aliphatic carbocycles. The maximum absolute atomic E-state index is 11.0. The van der Waals surface area contributed by atoms with Crippen molar-refractivity contribution in [1.82, 2.24) is 0 Å². The Hall–Kier alpha value is -1.51. The first-order chi connectivity index (χ1) is 11.0. The minimum absolute atomic E-state index is 0.0891. The van der Waals surface area contributed by atoms with Crippen LogP contribution in [0.25, 0.3) is 0 Å². The summed E-state index contributed by atoms with van der Waals surface area (Å²) in [7, 11) is 0. The van der Waals surface area contributed by atoms with Crippen LogP contribution in [0.15, 0.2) is 18.2 Å². The van der Waals surface area contributed by atoms with Gasteiger partial charge in [0.25, 0.3) is 0 Å². The van der Waals surface area contributed by atoms with E-state index in [0.29, 0.717) is 19.3 Å². The van der Waals surface area contributed by atoms with Gasteiger partial charge in [0.15, 0.2) is 6.29 Å². The molecule has 1 aliphatic heterocycles. The summed E-state index contributed by atoms with van der Waals surface area (Å²) in [5.74, 6) is -0.947. The van der Waals surface area contributed by atoms with E-state index in [4.69, 9.17) is 14.6 Å². The summed E-state index contributed by atoms with van der Waals surface area (Å²) in [5, 5.41) is 38.0. The predicted molar refractivity (Wildman–Crippen MR) is 78.1 cm³/mol. The van der Waals surface area contributed by atoms with E-state index in [1.807, 2.05) is 0 Å². The Kier molecular flexibility index (Phi) is 4.65. The Labute approximate surface area is 133 Å². The first-order valence-corrected chi connectivity index (χ1v) is 7.62. The fourth-order valence-electron chi connectivity index (χ4n) is 3.06. The zero-order chi connectivity index (χ0) is 16.6. The van der Waals surface area contributed by atoms with E-state index in [9.17, 15) is 20.1 Å². The lowest BCUT2D eigenvalue weighted by molar-refractivity contribution is -0.283. The molecule has 0 spiro atoms. The van der Waals surface area contributed by atoms with Gasteiger partial charge in [-0.05, 0) is 42.5 Å². The van der Waals surface area contributed by atoms with Crippen LogP contribution in [0, 0.1) is 0 Å². The minimum atomic E-state index is -1.30. The Bertz CT molecular complexity index is 588. The van der Waals surface area contributed by atoms with E-state index in [1.54, 1.807) is 18.2 Å². The van der Waals surface area contributed by atoms with E-state index in [1.165, 1.54) is 0 Å². The smallest absolute Gasteiger partial charge is 0.335 e. The molecule has 7 heteroatoms. The van der Waals surface area contributed by atoms with Crippen LogP contribution in [0.5, 0.6) is 0 Å². The molecule has 1 aromatic rings. The largest absolute Gasteiger partial charge is 0.478 e. The zero-order valence-corrected chi connectivity index (χ0v) is 12.5. The number of benzene rings is 1. The van der Waals surface area contributed by atoms with Gasteiger partial charge in [0.1, 0.15) is 18.3 Å². The van der Waals surface area contributed by atoms with Crippen molar-refractivity contribution in [1.29, 1.82) is 0 Å². The van der Waals surface area contributed by atoms with Crippen molar-refractivity contribution >= 4 is 5.97 Å². The molecule has 4 N–H and O–H groups in total. The third-order valence-corrected chi connectivity index (χ3v) is 4.42. The SMILES string of the molecule is O=C(O)c1ccc2c(c1)CC[C@@H](O[C@@H]1OC[C@@H](O)[C@H](O)[C@H]1O)C2. The predicted octanol–water partition coefficient (Wildman–Crippen LogP) is -0.302. The van der Waals surface area contributed by atoms with Crippen molar-refractivity contribution in [2.45, 2.75) is 50.0 Å². The average Bonchev–Trinajstić information content (AvgIpc) is 2.55. The van der Waals surface area contributed by atoms with Gasteiger partial charge in [0, 0.05) is 0 Å². The highest BCUT2D eigenvalue weighted by Crippen LogP contribution is 2.27. The van der Waals surface area contributed by atoms with Crippen LogP contribution in [0.3, 0.4) is 0 Å². The number of rotatable bonds is 3. The molecule has 5 atom stereocenters. The van der Waals surface area contributed by atoms with E-state index in [2.05, 4.69) is 0 Å². The molecule has 1 aromatic carbocycles. The zero-order valence-electron chi connectivity index (χ0n) is 12.5. The molecule has 1 heterocycles. The van der Waals surface area contributed by atoms with Crippen LogP contribution in [0.1, 0.15) is 27.9 Å². The molecule has 3 rings (SSSR count). The van der Waals surface area contributed by atoms with Crippen molar-refractivity contribution in [2.24, 2.45) is 0 Å². The third kappa shape index (κ3) is 3.39. The lowest BCUT2D eigenvalue weighted by Gasteiger charge is -2.37. The van der Waals surface area contributed by atoms with Crippen LogP contribution >= 0.6 is 0 Å². The normalized spacial score (nSPS) is 34.0. The molecule has 0 radical (unpaired) electrons. The molecule has 1 fully saturated rings. The quantitative estimate of drug-likeness (QED) is 0.603. The Morgan fingerprint density at radius 3 is 2.70 bits per heavy atom. The van der Waals surface area contributed by atoms with Gasteiger partial charge in [0.2, 0.25) is 0 Å². The van der Waals surface area contributed by atoms with Crippen LogP contribution in [0.4, 0.5) is 0 Å². The Morgan fingerprint density at radius 1 is 1.17 bits per heavy atom. The molecule has 126 valence electrons. The Balaban J connectivity index is 1.65. The monoisotopic (exact) mass is 324 g/mol. The molecule has 0 bridgehead atoms. The molecule has 0 saturated carbocycles. The summed E-state index contributed by atoms with van der Waals surface area (Å²) in [5.41, 5.74) is 2.27. The molecule has 0 amide bonds. The molecular weight excluding hydrogens is 304 g/mol. The highest BCUT2D eigenvalue weighted by atomic mass is 16.7. The van der Waals surface area contributed by atoms with Gasteiger partial charge < -0.3 is 29.9 Å². The molecule has 2 aliphatic rings. The molecular formula is C16H20O7. The van der Waals surface area contributed by atoms with E-state index in [-0.39, 0.29) is 18.3 Å². The summed E-state index contributed by atoms with van der Waals surface area (Å²) >= 11 is 0. The molecule has 1 saturated heterocycles. The van der Waals surface area contributed by atoms with E-state index in [0.717, 1.165) is 11.1 Å². The second kappa shape index (κ2) is 6.54. The lowest BCUT2D eigenvalue weighted by Crippen LogP contribution is -2.54. The third-order valence-electron chi connectivity index (χ3n) is 4.42. The maximum atomic E-state index is 11.0. The van der Waals surface area contributed by atoms with Gasteiger partial charge >= 0.3 is 5.97 Å². The summed E-state index contributed by atoms with van der Waals surface area (Å²) < 4.78 is 11.0. The molecule has 0 aromatic heterocycles. The number of aliphatic hydroxyl groups is 3. The number of hydrogen-bond donors (Lipinski definition) is 4. The van der Waals surface area contributed by atoms with Crippen molar-refractivity contribution < 1.29 is 34.7 Å². The maximum Gasteiger partial charge on any atom is 0.335 e. The number of hydrogen-bond acceptors (Lipinski definition) is 6. The fraction of sp³-hybridized carbons (Fsp3) is 0.562. The number of aryl methyl sites for hydroxylation is 1. The first kappa shape index (κ1) is 16.4. The van der Waals surface area contributed by atoms with Crippen molar-refractivity contribution in [3.8, 4) is 0 Å². The number of aliphatic hydroxyl groups excluding tert-OH is 3. The highest BCUT2D eigenvalue weighted by Gasteiger charge is 2.39. The first-order valence-electron chi connectivity index (χ1n) is 7.62. The molecule has 0 unspecified atom stereocenters. The summed E-state index contributed by atoms with van der Waals surface area (Å²) in [6.45, 7) is -0.0891. The van der Waals surface area contributed by atoms with Crippen molar-refractivity contribution in [2.75, 3.05) is 6.61 Å². The average molecular weight is 324 g/mol. The number of ether oxygens (including phenoxy) is 2. The molecule has 7 nitrogen and oxygen atoms in total. The van der Waals surface area contributed by atoms with Gasteiger partial charge in [-0.2, -0.15) is 0 Å². The number of carboxylic acids is 1. The number of carbonyl (C=O) groups is 1. The topological polar surface area (TPSA) is 116 Å².